The normalized spacial score (nSPS) is 16.5. The van der Waals surface area contributed by atoms with E-state index in [-0.39, 0.29) is 5.91 Å². The minimum Gasteiger partial charge on any atom is -0.459 e. The summed E-state index contributed by atoms with van der Waals surface area (Å²) in [5.41, 5.74) is 0.918. The zero-order valence-corrected chi connectivity index (χ0v) is 12.0. The Labute approximate surface area is 115 Å². The fourth-order valence-corrected chi connectivity index (χ4v) is 2.58. The molecule has 0 radical (unpaired) electrons. The molecule has 1 amide bonds. The second kappa shape index (κ2) is 6.75. The number of likely N-dealkylation sites (tertiary alicyclic amines) is 1. The molecule has 1 saturated heterocycles. The van der Waals surface area contributed by atoms with E-state index in [0.717, 1.165) is 25.2 Å². The molecule has 0 saturated carbocycles. The summed E-state index contributed by atoms with van der Waals surface area (Å²) >= 11 is 0. The monoisotopic (exact) mass is 264 g/mol. The van der Waals surface area contributed by atoms with Gasteiger partial charge in [0.2, 0.25) is 0 Å². The topological polar surface area (TPSA) is 36.7 Å². The van der Waals surface area contributed by atoms with Gasteiger partial charge in [0.25, 0.3) is 5.91 Å². The first kappa shape index (κ1) is 14.1. The Bertz CT molecular complexity index is 408. The molecule has 1 aromatic rings. The molecule has 1 aliphatic rings. The number of likely N-dealkylation sites (N-methyl/N-ethyl adjacent to an activating group) is 1. The fraction of sp³-hybridized carbons (Fsp3) is 0.667. The lowest BCUT2D eigenvalue weighted by atomic mass is 10.1. The zero-order chi connectivity index (χ0) is 13.7. The van der Waals surface area contributed by atoms with E-state index >= 15 is 0 Å². The molecule has 0 spiro atoms. The molecule has 0 unspecified atom stereocenters. The van der Waals surface area contributed by atoms with Crippen molar-refractivity contribution in [3.05, 3.63) is 23.7 Å². The van der Waals surface area contributed by atoms with E-state index in [1.165, 1.54) is 32.4 Å². The number of piperidine rings is 1. The summed E-state index contributed by atoms with van der Waals surface area (Å²) in [5, 5.41) is 0. The van der Waals surface area contributed by atoms with Gasteiger partial charge in [0, 0.05) is 25.2 Å². The van der Waals surface area contributed by atoms with Gasteiger partial charge >= 0.3 is 0 Å². The van der Waals surface area contributed by atoms with Crippen molar-refractivity contribution >= 4 is 5.91 Å². The molecule has 4 heteroatoms. The first-order chi connectivity index (χ1) is 9.22. The molecule has 0 aliphatic carbocycles. The molecular formula is C15H24N2O2. The summed E-state index contributed by atoms with van der Waals surface area (Å²) in [5.74, 6) is 0.502. The van der Waals surface area contributed by atoms with Crippen LogP contribution in [0, 0.1) is 6.92 Å². The third kappa shape index (κ3) is 3.60. The summed E-state index contributed by atoms with van der Waals surface area (Å²) < 4.78 is 5.30. The summed E-state index contributed by atoms with van der Waals surface area (Å²) in [6.07, 6.45) is 5.51. The Kier molecular flexibility index (Phi) is 5.02. The molecule has 1 aliphatic heterocycles. The van der Waals surface area contributed by atoms with Crippen LogP contribution in [-0.2, 0) is 0 Å². The van der Waals surface area contributed by atoms with Crippen LogP contribution in [0.15, 0.2) is 16.7 Å². The molecule has 2 rings (SSSR count). The molecule has 0 bridgehead atoms. The minimum absolute atomic E-state index is 0.0157. The van der Waals surface area contributed by atoms with Crippen LogP contribution in [0.4, 0.5) is 0 Å². The van der Waals surface area contributed by atoms with E-state index in [1.54, 1.807) is 6.26 Å². The van der Waals surface area contributed by atoms with Crippen LogP contribution in [0.3, 0.4) is 0 Å². The first-order valence-electron chi connectivity index (χ1n) is 7.28. The molecule has 106 valence electrons. The molecule has 0 aromatic carbocycles. The van der Waals surface area contributed by atoms with Crippen molar-refractivity contribution in [2.45, 2.75) is 33.1 Å². The third-order valence-electron chi connectivity index (χ3n) is 3.86. The molecule has 4 nitrogen and oxygen atoms in total. The highest BCUT2D eigenvalue weighted by atomic mass is 16.3. The minimum atomic E-state index is 0.0157. The average Bonchev–Trinajstić information content (AvgIpc) is 2.86. The van der Waals surface area contributed by atoms with Crippen molar-refractivity contribution in [2.75, 3.05) is 32.7 Å². The number of carbonyl (C=O) groups excluding carboxylic acids is 1. The van der Waals surface area contributed by atoms with Crippen molar-refractivity contribution < 1.29 is 9.21 Å². The highest BCUT2D eigenvalue weighted by Crippen LogP contribution is 2.13. The maximum atomic E-state index is 12.3. The maximum absolute atomic E-state index is 12.3. The number of hydrogen-bond acceptors (Lipinski definition) is 3. The smallest absolute Gasteiger partial charge is 0.289 e. The van der Waals surface area contributed by atoms with Gasteiger partial charge in [0.15, 0.2) is 5.76 Å². The number of aryl methyl sites for hydroxylation is 1. The van der Waals surface area contributed by atoms with Crippen LogP contribution in [0.5, 0.6) is 0 Å². The lowest BCUT2D eigenvalue weighted by Gasteiger charge is -2.29. The van der Waals surface area contributed by atoms with Crippen LogP contribution in [-0.4, -0.2) is 48.4 Å². The quantitative estimate of drug-likeness (QED) is 0.820. The fourth-order valence-electron chi connectivity index (χ4n) is 2.58. The molecular weight excluding hydrogens is 240 g/mol. The Balaban J connectivity index is 1.89. The van der Waals surface area contributed by atoms with Gasteiger partial charge in [0.05, 0.1) is 6.26 Å². The van der Waals surface area contributed by atoms with Crippen LogP contribution in [0.2, 0.25) is 0 Å². The van der Waals surface area contributed by atoms with Crippen molar-refractivity contribution in [1.29, 1.82) is 0 Å². The van der Waals surface area contributed by atoms with Crippen molar-refractivity contribution in [3.63, 3.8) is 0 Å². The Morgan fingerprint density at radius 1 is 1.37 bits per heavy atom. The van der Waals surface area contributed by atoms with Crippen LogP contribution in [0.25, 0.3) is 0 Å². The number of furan rings is 1. The second-order valence-electron chi connectivity index (χ2n) is 5.22. The maximum Gasteiger partial charge on any atom is 0.289 e. The van der Waals surface area contributed by atoms with Crippen molar-refractivity contribution in [3.8, 4) is 0 Å². The van der Waals surface area contributed by atoms with E-state index in [2.05, 4.69) is 4.90 Å². The summed E-state index contributed by atoms with van der Waals surface area (Å²) in [7, 11) is 0. The average molecular weight is 264 g/mol. The number of nitrogens with zero attached hydrogens (tertiary/aromatic N) is 2. The zero-order valence-electron chi connectivity index (χ0n) is 12.0. The summed E-state index contributed by atoms with van der Waals surface area (Å²) in [4.78, 5) is 16.7. The number of carbonyl (C=O) groups is 1. The Morgan fingerprint density at radius 3 is 2.68 bits per heavy atom. The van der Waals surface area contributed by atoms with Gasteiger partial charge < -0.3 is 14.2 Å². The summed E-state index contributed by atoms with van der Waals surface area (Å²) in [6, 6.07) is 1.84. The predicted octanol–water partition coefficient (Wildman–Crippen LogP) is 2.54. The standard InChI is InChI=1S/C15H24N2O2/c1-3-17(11-10-16-8-5-4-6-9-16)15(18)14-13(2)7-12-19-14/h7,12H,3-6,8-11H2,1-2H3. The van der Waals surface area contributed by atoms with E-state index in [4.69, 9.17) is 4.42 Å². The molecule has 1 fully saturated rings. The molecule has 0 N–H and O–H groups in total. The van der Waals surface area contributed by atoms with Gasteiger partial charge in [-0.25, -0.2) is 0 Å². The van der Waals surface area contributed by atoms with Gasteiger partial charge in [-0.15, -0.1) is 0 Å². The molecule has 2 heterocycles. The predicted molar refractivity (Wildman–Crippen MR) is 75.3 cm³/mol. The molecule has 1 aromatic heterocycles. The van der Waals surface area contributed by atoms with Gasteiger partial charge in [0.1, 0.15) is 0 Å². The van der Waals surface area contributed by atoms with Gasteiger partial charge in [-0.05, 0) is 45.8 Å². The second-order valence-corrected chi connectivity index (χ2v) is 5.22. The third-order valence-corrected chi connectivity index (χ3v) is 3.86. The number of amides is 1. The SMILES string of the molecule is CCN(CCN1CCCCC1)C(=O)c1occc1C. The van der Waals surface area contributed by atoms with E-state index < -0.39 is 0 Å². The van der Waals surface area contributed by atoms with E-state index in [0.29, 0.717) is 5.76 Å². The lowest BCUT2D eigenvalue weighted by Crippen LogP contribution is -2.40. The number of hydrogen-bond donors (Lipinski definition) is 0. The first-order valence-corrected chi connectivity index (χ1v) is 7.28. The molecule has 0 atom stereocenters. The highest BCUT2D eigenvalue weighted by Gasteiger charge is 2.20. The van der Waals surface area contributed by atoms with E-state index in [9.17, 15) is 4.79 Å². The molecule has 19 heavy (non-hydrogen) atoms. The highest BCUT2D eigenvalue weighted by molar-refractivity contribution is 5.92. The Hall–Kier alpha value is -1.29. The largest absolute Gasteiger partial charge is 0.459 e. The van der Waals surface area contributed by atoms with Crippen LogP contribution >= 0.6 is 0 Å². The van der Waals surface area contributed by atoms with Crippen molar-refractivity contribution in [2.24, 2.45) is 0 Å². The van der Waals surface area contributed by atoms with Gasteiger partial charge in [-0.3, -0.25) is 4.79 Å². The summed E-state index contributed by atoms with van der Waals surface area (Å²) in [6.45, 7) is 8.76. The van der Waals surface area contributed by atoms with E-state index in [1.807, 2.05) is 24.8 Å². The Morgan fingerprint density at radius 2 is 2.11 bits per heavy atom. The van der Waals surface area contributed by atoms with Gasteiger partial charge in [-0.2, -0.15) is 0 Å². The number of rotatable bonds is 5. The van der Waals surface area contributed by atoms with Crippen molar-refractivity contribution in [1.82, 2.24) is 9.80 Å². The van der Waals surface area contributed by atoms with Crippen LogP contribution < -0.4 is 0 Å². The van der Waals surface area contributed by atoms with Gasteiger partial charge in [-0.1, -0.05) is 6.42 Å². The van der Waals surface area contributed by atoms with Crippen LogP contribution in [0.1, 0.15) is 42.3 Å². The lowest BCUT2D eigenvalue weighted by molar-refractivity contribution is 0.0706.